The normalized spacial score (nSPS) is 25.9. The molecule has 1 heterocycles. The van der Waals surface area contributed by atoms with Gasteiger partial charge in [-0.3, -0.25) is 4.79 Å². The number of nitrogens with zero attached hydrogens (tertiary/aromatic N) is 1. The molecule has 1 saturated carbocycles. The molecule has 150 valence electrons. The molecule has 2 aromatic carbocycles. The molecule has 5 heteroatoms. The number of benzene rings is 2. The first-order valence-electron chi connectivity index (χ1n) is 9.93. The molecular formula is C23H29ClN2O2. The van der Waals surface area contributed by atoms with E-state index in [1.807, 2.05) is 30.3 Å². The largest absolute Gasteiger partial charge is 0.489 e. The smallest absolute Gasteiger partial charge is 0.226 e. The number of likely N-dealkylation sites (tertiary alicyclic amines) is 1. The number of carbonyl (C=O) groups excluding carboxylic acids is 1. The van der Waals surface area contributed by atoms with Gasteiger partial charge in [-0.25, -0.2) is 0 Å². The van der Waals surface area contributed by atoms with Crippen molar-refractivity contribution in [2.75, 3.05) is 13.1 Å². The molecule has 2 aromatic rings. The van der Waals surface area contributed by atoms with Crippen LogP contribution < -0.4 is 10.5 Å². The van der Waals surface area contributed by atoms with Crippen LogP contribution in [-0.4, -0.2) is 29.9 Å². The lowest BCUT2D eigenvalue weighted by molar-refractivity contribution is -0.133. The SMILES string of the molecule is CC1CC(CN)CN1C(=O)C1CC1c1ccc(OCc2ccccc2)cc1.Cl. The first kappa shape index (κ1) is 20.7. The Morgan fingerprint density at radius 1 is 1.11 bits per heavy atom. The van der Waals surface area contributed by atoms with E-state index in [-0.39, 0.29) is 18.3 Å². The Bertz CT molecular complexity index is 781. The predicted octanol–water partition coefficient (Wildman–Crippen LogP) is 3.99. The molecule has 0 spiro atoms. The molecule has 28 heavy (non-hydrogen) atoms. The number of rotatable bonds is 6. The summed E-state index contributed by atoms with van der Waals surface area (Å²) in [5, 5.41) is 0. The molecular weight excluding hydrogens is 372 g/mol. The first-order chi connectivity index (χ1) is 13.2. The molecule has 0 bridgehead atoms. The highest BCUT2D eigenvalue weighted by molar-refractivity contribution is 5.85. The third-order valence-corrected chi connectivity index (χ3v) is 5.94. The Labute approximate surface area is 173 Å². The molecule has 4 unspecified atom stereocenters. The predicted molar refractivity (Wildman–Crippen MR) is 114 cm³/mol. The highest BCUT2D eigenvalue weighted by Gasteiger charge is 2.47. The molecule has 0 aromatic heterocycles. The minimum absolute atomic E-state index is 0. The summed E-state index contributed by atoms with van der Waals surface area (Å²) < 4.78 is 5.85. The van der Waals surface area contributed by atoms with Crippen LogP contribution in [0.2, 0.25) is 0 Å². The summed E-state index contributed by atoms with van der Waals surface area (Å²) in [4.78, 5) is 14.9. The number of hydrogen-bond donors (Lipinski definition) is 1. The van der Waals surface area contributed by atoms with Crippen molar-refractivity contribution in [1.29, 1.82) is 0 Å². The van der Waals surface area contributed by atoms with Gasteiger partial charge in [-0.1, -0.05) is 42.5 Å². The van der Waals surface area contributed by atoms with Crippen LogP contribution in [-0.2, 0) is 11.4 Å². The summed E-state index contributed by atoms with van der Waals surface area (Å²) >= 11 is 0. The van der Waals surface area contributed by atoms with Gasteiger partial charge in [0, 0.05) is 18.5 Å². The van der Waals surface area contributed by atoms with Gasteiger partial charge in [0.15, 0.2) is 0 Å². The van der Waals surface area contributed by atoms with E-state index in [4.69, 9.17) is 10.5 Å². The van der Waals surface area contributed by atoms with Gasteiger partial charge < -0.3 is 15.4 Å². The highest BCUT2D eigenvalue weighted by atomic mass is 35.5. The van der Waals surface area contributed by atoms with Crippen molar-refractivity contribution in [2.45, 2.75) is 38.3 Å². The number of hydrogen-bond acceptors (Lipinski definition) is 3. The van der Waals surface area contributed by atoms with Crippen LogP contribution in [0.3, 0.4) is 0 Å². The maximum absolute atomic E-state index is 12.8. The second-order valence-corrected chi connectivity index (χ2v) is 7.97. The fourth-order valence-corrected chi connectivity index (χ4v) is 4.22. The highest BCUT2D eigenvalue weighted by Crippen LogP contribution is 2.49. The van der Waals surface area contributed by atoms with Crippen molar-refractivity contribution in [2.24, 2.45) is 17.6 Å². The van der Waals surface area contributed by atoms with E-state index in [2.05, 4.69) is 36.1 Å². The first-order valence-corrected chi connectivity index (χ1v) is 9.93. The molecule has 1 aliphatic carbocycles. The van der Waals surface area contributed by atoms with Crippen molar-refractivity contribution in [3.63, 3.8) is 0 Å². The number of nitrogens with two attached hydrogens (primary N) is 1. The third kappa shape index (κ3) is 4.50. The van der Waals surface area contributed by atoms with Crippen LogP contribution in [0.15, 0.2) is 54.6 Å². The van der Waals surface area contributed by atoms with Gasteiger partial charge in [0.1, 0.15) is 12.4 Å². The Hall–Kier alpha value is -2.04. The summed E-state index contributed by atoms with van der Waals surface area (Å²) in [6.45, 7) is 4.21. The molecule has 1 aliphatic heterocycles. The minimum atomic E-state index is 0. The number of carbonyl (C=O) groups is 1. The van der Waals surface area contributed by atoms with E-state index in [1.54, 1.807) is 0 Å². The van der Waals surface area contributed by atoms with Crippen molar-refractivity contribution < 1.29 is 9.53 Å². The van der Waals surface area contributed by atoms with Crippen LogP contribution in [0.1, 0.15) is 36.8 Å². The summed E-state index contributed by atoms with van der Waals surface area (Å²) in [7, 11) is 0. The minimum Gasteiger partial charge on any atom is -0.489 e. The topological polar surface area (TPSA) is 55.6 Å². The Morgan fingerprint density at radius 3 is 2.46 bits per heavy atom. The maximum Gasteiger partial charge on any atom is 0.226 e. The molecule has 4 nitrogen and oxygen atoms in total. The maximum atomic E-state index is 12.8. The van der Waals surface area contributed by atoms with Gasteiger partial charge >= 0.3 is 0 Å². The average molecular weight is 401 g/mol. The lowest BCUT2D eigenvalue weighted by Crippen LogP contribution is -2.35. The average Bonchev–Trinajstić information content (AvgIpc) is 3.42. The Morgan fingerprint density at radius 2 is 1.82 bits per heavy atom. The van der Waals surface area contributed by atoms with E-state index >= 15 is 0 Å². The van der Waals surface area contributed by atoms with Crippen molar-refractivity contribution in [1.82, 2.24) is 4.90 Å². The van der Waals surface area contributed by atoms with Crippen LogP contribution in [0.4, 0.5) is 0 Å². The molecule has 4 atom stereocenters. The van der Waals surface area contributed by atoms with Gasteiger partial charge in [-0.15, -0.1) is 12.4 Å². The van der Waals surface area contributed by atoms with E-state index in [0.29, 0.717) is 36.9 Å². The fraction of sp³-hybridized carbons (Fsp3) is 0.435. The number of ether oxygens (including phenoxy) is 1. The van der Waals surface area contributed by atoms with Gasteiger partial charge in [0.2, 0.25) is 5.91 Å². The molecule has 2 N–H and O–H groups in total. The van der Waals surface area contributed by atoms with Gasteiger partial charge in [0.05, 0.1) is 0 Å². The van der Waals surface area contributed by atoms with Crippen LogP contribution in [0.25, 0.3) is 0 Å². The van der Waals surface area contributed by atoms with Crippen LogP contribution >= 0.6 is 12.4 Å². The summed E-state index contributed by atoms with van der Waals surface area (Å²) in [5.41, 5.74) is 8.19. The van der Waals surface area contributed by atoms with Crippen LogP contribution in [0.5, 0.6) is 5.75 Å². The summed E-state index contributed by atoms with van der Waals surface area (Å²) in [5.74, 6) is 2.13. The summed E-state index contributed by atoms with van der Waals surface area (Å²) in [6.07, 6.45) is 1.99. The molecule has 2 aliphatic rings. The van der Waals surface area contributed by atoms with Gasteiger partial charge in [0.25, 0.3) is 0 Å². The van der Waals surface area contributed by atoms with Crippen LogP contribution in [0, 0.1) is 11.8 Å². The second-order valence-electron chi connectivity index (χ2n) is 7.97. The number of halogens is 1. The van der Waals surface area contributed by atoms with E-state index in [9.17, 15) is 4.79 Å². The zero-order valence-corrected chi connectivity index (χ0v) is 17.1. The van der Waals surface area contributed by atoms with Gasteiger partial charge in [-0.2, -0.15) is 0 Å². The van der Waals surface area contributed by atoms with E-state index < -0.39 is 0 Å². The molecule has 2 fully saturated rings. The van der Waals surface area contributed by atoms with Crippen molar-refractivity contribution in [3.05, 3.63) is 65.7 Å². The van der Waals surface area contributed by atoms with Crippen molar-refractivity contribution >= 4 is 18.3 Å². The molecule has 4 rings (SSSR count). The van der Waals surface area contributed by atoms with E-state index in [1.165, 1.54) is 5.56 Å². The molecule has 1 saturated heterocycles. The lowest BCUT2D eigenvalue weighted by atomic mass is 10.1. The van der Waals surface area contributed by atoms with E-state index in [0.717, 1.165) is 30.7 Å². The molecule has 0 radical (unpaired) electrons. The fourth-order valence-electron chi connectivity index (χ4n) is 4.22. The summed E-state index contributed by atoms with van der Waals surface area (Å²) in [6, 6.07) is 18.7. The van der Waals surface area contributed by atoms with Crippen molar-refractivity contribution in [3.8, 4) is 5.75 Å². The molecule has 1 amide bonds. The third-order valence-electron chi connectivity index (χ3n) is 5.94. The Balaban J connectivity index is 0.00000225. The zero-order valence-electron chi connectivity index (χ0n) is 16.3. The Kier molecular flexibility index (Phi) is 6.63. The second kappa shape index (κ2) is 8.97. The monoisotopic (exact) mass is 400 g/mol. The number of amides is 1. The lowest BCUT2D eigenvalue weighted by Gasteiger charge is -2.21. The standard InChI is InChI=1S/C23H28N2O2.ClH/c1-16-11-18(13-24)14-25(16)23(26)22-12-21(22)19-7-9-20(10-8-19)27-15-17-5-3-2-4-6-17;/h2-10,16,18,21-22H,11-15,24H2,1H3;1H. The quantitative estimate of drug-likeness (QED) is 0.797. The zero-order chi connectivity index (χ0) is 18.8. The van der Waals surface area contributed by atoms with Gasteiger partial charge in [-0.05, 0) is 61.4 Å².